The highest BCUT2D eigenvalue weighted by Crippen LogP contribution is 2.35. The number of benzene rings is 1. The molecule has 0 aromatic heterocycles. The molecule has 0 saturated carbocycles. The van der Waals surface area contributed by atoms with E-state index in [0.717, 1.165) is 11.3 Å². The van der Waals surface area contributed by atoms with Crippen LogP contribution < -0.4 is 5.73 Å². The summed E-state index contributed by atoms with van der Waals surface area (Å²) in [4.78, 5) is 11.3. The lowest BCUT2D eigenvalue weighted by molar-refractivity contribution is 0.0601. The predicted octanol–water partition coefficient (Wildman–Crippen LogP) is 2.28. The number of esters is 1. The van der Waals surface area contributed by atoms with Gasteiger partial charge in [0.05, 0.1) is 12.7 Å². The molecule has 0 bridgehead atoms. The van der Waals surface area contributed by atoms with Crippen LogP contribution in [0.25, 0.3) is 0 Å². The van der Waals surface area contributed by atoms with Gasteiger partial charge in [-0.25, -0.2) is 4.79 Å². The van der Waals surface area contributed by atoms with Crippen molar-refractivity contribution in [1.29, 1.82) is 0 Å². The summed E-state index contributed by atoms with van der Waals surface area (Å²) in [5, 5.41) is 0. The normalized spacial score (nSPS) is 19.7. The van der Waals surface area contributed by atoms with Crippen LogP contribution in [-0.2, 0) is 4.74 Å². The first-order valence-corrected chi connectivity index (χ1v) is 6.43. The van der Waals surface area contributed by atoms with Crippen LogP contribution >= 0.6 is 11.8 Å². The molecule has 2 rings (SSSR count). The van der Waals surface area contributed by atoms with Gasteiger partial charge in [0.15, 0.2) is 0 Å². The van der Waals surface area contributed by atoms with Crippen LogP contribution in [0.5, 0.6) is 0 Å². The summed E-state index contributed by atoms with van der Waals surface area (Å²) < 4.78 is 4.66. The third kappa shape index (κ3) is 2.16. The van der Waals surface area contributed by atoms with Crippen LogP contribution in [0.4, 0.5) is 5.69 Å². The van der Waals surface area contributed by atoms with Crippen LogP contribution in [0.1, 0.15) is 28.3 Å². The fourth-order valence-corrected chi connectivity index (χ4v) is 3.22. The summed E-state index contributed by atoms with van der Waals surface area (Å²) in [6.07, 6.45) is 1.17. The van der Waals surface area contributed by atoms with Gasteiger partial charge >= 0.3 is 5.97 Å². The van der Waals surface area contributed by atoms with Crippen molar-refractivity contribution in [2.75, 3.05) is 24.3 Å². The van der Waals surface area contributed by atoms with E-state index in [1.165, 1.54) is 19.3 Å². The average Bonchev–Trinajstić information content (AvgIpc) is 2.81. The second-order valence-corrected chi connectivity index (χ2v) is 5.05. The molecule has 3 nitrogen and oxygen atoms in total. The number of carbonyl (C=O) groups excluding carboxylic acids is 1. The van der Waals surface area contributed by atoms with E-state index < -0.39 is 0 Å². The smallest absolute Gasteiger partial charge is 0.337 e. The highest BCUT2D eigenvalue weighted by molar-refractivity contribution is 7.99. The van der Waals surface area contributed by atoms with Crippen molar-refractivity contribution in [1.82, 2.24) is 0 Å². The summed E-state index contributed by atoms with van der Waals surface area (Å²) in [5.41, 5.74) is 8.37. The third-order valence-corrected chi connectivity index (χ3v) is 4.04. The van der Waals surface area contributed by atoms with Crippen LogP contribution in [0.3, 0.4) is 0 Å². The van der Waals surface area contributed by atoms with Gasteiger partial charge < -0.3 is 10.5 Å². The van der Waals surface area contributed by atoms with Crippen molar-refractivity contribution in [2.24, 2.45) is 0 Å². The van der Waals surface area contributed by atoms with Crippen LogP contribution in [0.15, 0.2) is 18.2 Å². The van der Waals surface area contributed by atoms with E-state index in [0.29, 0.717) is 17.2 Å². The molecule has 1 saturated heterocycles. The van der Waals surface area contributed by atoms with Gasteiger partial charge in [-0.3, -0.25) is 0 Å². The van der Waals surface area contributed by atoms with Crippen molar-refractivity contribution in [3.05, 3.63) is 29.3 Å². The molecule has 2 N–H and O–H groups in total. The zero-order valence-corrected chi connectivity index (χ0v) is 10.0. The maximum atomic E-state index is 11.3. The van der Waals surface area contributed by atoms with E-state index in [-0.39, 0.29) is 5.97 Å². The lowest BCUT2D eigenvalue weighted by Gasteiger charge is -2.12. The minimum absolute atomic E-state index is 0.334. The Kier molecular flexibility index (Phi) is 3.39. The first-order valence-electron chi connectivity index (χ1n) is 5.28. The second-order valence-electron chi connectivity index (χ2n) is 3.90. The molecule has 1 aromatic carbocycles. The summed E-state index contributed by atoms with van der Waals surface area (Å²) in [6.45, 7) is 0. The molecule has 0 spiro atoms. The third-order valence-electron chi connectivity index (χ3n) is 2.88. The molecule has 0 radical (unpaired) electrons. The highest BCUT2D eigenvalue weighted by Gasteiger charge is 2.20. The molecule has 86 valence electrons. The van der Waals surface area contributed by atoms with E-state index >= 15 is 0 Å². The number of nitrogen functional groups attached to an aromatic ring is 1. The zero-order valence-electron chi connectivity index (χ0n) is 9.23. The maximum absolute atomic E-state index is 11.3. The fraction of sp³-hybridized carbons (Fsp3) is 0.417. The van der Waals surface area contributed by atoms with Crippen molar-refractivity contribution in [3.8, 4) is 0 Å². The molecule has 1 aromatic rings. The Hall–Kier alpha value is -1.16. The molecule has 1 atom stereocenters. The summed E-state index contributed by atoms with van der Waals surface area (Å²) in [7, 11) is 1.38. The Labute approximate surface area is 99.4 Å². The minimum atomic E-state index is -0.334. The number of hydrogen-bond donors (Lipinski definition) is 1. The quantitative estimate of drug-likeness (QED) is 0.633. The Morgan fingerprint density at radius 3 is 2.94 bits per heavy atom. The van der Waals surface area contributed by atoms with Gasteiger partial charge in [0.25, 0.3) is 0 Å². The molecule has 1 fully saturated rings. The van der Waals surface area contributed by atoms with Gasteiger partial charge in [0.2, 0.25) is 0 Å². The van der Waals surface area contributed by atoms with Gasteiger partial charge in [-0.05, 0) is 35.8 Å². The zero-order chi connectivity index (χ0) is 11.5. The monoisotopic (exact) mass is 237 g/mol. The topological polar surface area (TPSA) is 52.3 Å². The first kappa shape index (κ1) is 11.3. The lowest BCUT2D eigenvalue weighted by atomic mass is 9.96. The molecule has 1 aliphatic heterocycles. The van der Waals surface area contributed by atoms with Crippen LogP contribution in [0.2, 0.25) is 0 Å². The van der Waals surface area contributed by atoms with E-state index in [9.17, 15) is 4.79 Å². The number of carbonyl (C=O) groups is 1. The van der Waals surface area contributed by atoms with E-state index in [4.69, 9.17) is 5.73 Å². The predicted molar refractivity (Wildman–Crippen MR) is 66.9 cm³/mol. The summed E-state index contributed by atoms with van der Waals surface area (Å²) >= 11 is 1.95. The molecule has 4 heteroatoms. The van der Waals surface area contributed by atoms with E-state index in [1.807, 2.05) is 17.8 Å². The van der Waals surface area contributed by atoms with Gasteiger partial charge in [-0.1, -0.05) is 6.07 Å². The Morgan fingerprint density at radius 1 is 1.56 bits per heavy atom. The Bertz CT molecular complexity index is 400. The number of nitrogens with two attached hydrogens (primary N) is 1. The largest absolute Gasteiger partial charge is 0.465 e. The van der Waals surface area contributed by atoms with Gasteiger partial charge in [-0.15, -0.1) is 0 Å². The SMILES string of the molecule is COC(=O)c1ccc(C2CCSC2)c(N)c1. The molecule has 1 heterocycles. The van der Waals surface area contributed by atoms with E-state index in [2.05, 4.69) is 4.74 Å². The van der Waals surface area contributed by atoms with Crippen molar-refractivity contribution in [3.63, 3.8) is 0 Å². The van der Waals surface area contributed by atoms with E-state index in [1.54, 1.807) is 12.1 Å². The lowest BCUT2D eigenvalue weighted by Crippen LogP contribution is -2.06. The van der Waals surface area contributed by atoms with Gasteiger partial charge in [0, 0.05) is 11.4 Å². The number of hydrogen-bond acceptors (Lipinski definition) is 4. The Balaban J connectivity index is 2.25. The maximum Gasteiger partial charge on any atom is 0.337 e. The van der Waals surface area contributed by atoms with Crippen LogP contribution in [-0.4, -0.2) is 24.6 Å². The minimum Gasteiger partial charge on any atom is -0.465 e. The van der Waals surface area contributed by atoms with Crippen LogP contribution in [0, 0.1) is 0 Å². The standard InChI is InChI=1S/C12H15NO2S/c1-15-12(14)8-2-3-10(11(13)6-8)9-4-5-16-7-9/h2-3,6,9H,4-5,7,13H2,1H3. The molecule has 16 heavy (non-hydrogen) atoms. The molecular formula is C12H15NO2S. The summed E-state index contributed by atoms with van der Waals surface area (Å²) in [5.74, 6) is 2.53. The Morgan fingerprint density at radius 2 is 2.38 bits per heavy atom. The van der Waals surface area contributed by atoms with Gasteiger partial charge in [-0.2, -0.15) is 11.8 Å². The number of anilines is 1. The highest BCUT2D eigenvalue weighted by atomic mass is 32.2. The number of rotatable bonds is 2. The number of thioether (sulfide) groups is 1. The second kappa shape index (κ2) is 4.78. The number of ether oxygens (including phenoxy) is 1. The summed E-state index contributed by atoms with van der Waals surface area (Å²) in [6, 6.07) is 5.46. The average molecular weight is 237 g/mol. The van der Waals surface area contributed by atoms with Crippen molar-refractivity contribution >= 4 is 23.4 Å². The van der Waals surface area contributed by atoms with Gasteiger partial charge in [0.1, 0.15) is 0 Å². The van der Waals surface area contributed by atoms with Crippen molar-refractivity contribution < 1.29 is 9.53 Å². The fourth-order valence-electron chi connectivity index (χ4n) is 1.97. The number of methoxy groups -OCH3 is 1. The molecule has 0 amide bonds. The van der Waals surface area contributed by atoms with Crippen molar-refractivity contribution in [2.45, 2.75) is 12.3 Å². The molecular weight excluding hydrogens is 222 g/mol. The molecule has 1 unspecified atom stereocenters. The molecule has 0 aliphatic carbocycles. The molecule has 1 aliphatic rings. The first-order chi connectivity index (χ1) is 7.72.